The fourth-order valence-corrected chi connectivity index (χ4v) is 2.10. The van der Waals surface area contributed by atoms with E-state index in [1.54, 1.807) is 14.2 Å². The summed E-state index contributed by atoms with van der Waals surface area (Å²) >= 11 is 0. The molecule has 0 aromatic rings. The van der Waals surface area contributed by atoms with Crippen LogP contribution >= 0.6 is 0 Å². The largest absolute Gasteiger partial charge is 0.377 e. The number of nitrogens with one attached hydrogen (secondary N) is 1. The van der Waals surface area contributed by atoms with Gasteiger partial charge in [0.25, 0.3) is 0 Å². The van der Waals surface area contributed by atoms with E-state index in [2.05, 4.69) is 5.32 Å². The van der Waals surface area contributed by atoms with Crippen LogP contribution in [0.25, 0.3) is 0 Å². The predicted molar refractivity (Wildman–Crippen MR) is 54.5 cm³/mol. The number of carbonyl (C=O) groups excluding carboxylic acids is 1. The van der Waals surface area contributed by atoms with Gasteiger partial charge in [-0.1, -0.05) is 0 Å². The zero-order valence-corrected chi connectivity index (χ0v) is 9.23. The Morgan fingerprint density at radius 1 is 1.20 bits per heavy atom. The van der Waals surface area contributed by atoms with Crippen LogP contribution < -0.4 is 5.32 Å². The first-order valence-corrected chi connectivity index (χ1v) is 5.31. The van der Waals surface area contributed by atoms with Gasteiger partial charge in [0, 0.05) is 40.4 Å². The minimum Gasteiger partial charge on any atom is -0.377 e. The zero-order chi connectivity index (χ0) is 10.8. The van der Waals surface area contributed by atoms with Crippen LogP contribution in [-0.4, -0.2) is 63.4 Å². The summed E-state index contributed by atoms with van der Waals surface area (Å²) in [6.45, 7) is 2.93. The molecule has 0 aromatic carbocycles. The molecule has 0 aliphatic carbocycles. The van der Waals surface area contributed by atoms with E-state index < -0.39 is 0 Å². The number of hydrogen-bond acceptors (Lipinski definition) is 4. The van der Waals surface area contributed by atoms with Gasteiger partial charge < -0.3 is 19.7 Å². The zero-order valence-electron chi connectivity index (χ0n) is 9.23. The van der Waals surface area contributed by atoms with E-state index >= 15 is 0 Å². The summed E-state index contributed by atoms with van der Waals surface area (Å²) in [5.74, 6) is 0.397. The molecular formula is C10H18N2O3. The van der Waals surface area contributed by atoms with Crippen molar-refractivity contribution in [2.75, 3.05) is 40.4 Å². The maximum Gasteiger partial charge on any atom is 0.228 e. The van der Waals surface area contributed by atoms with Crippen LogP contribution in [0.15, 0.2) is 0 Å². The van der Waals surface area contributed by atoms with Gasteiger partial charge >= 0.3 is 0 Å². The molecule has 2 atom stereocenters. The first kappa shape index (κ1) is 10.9. The molecular weight excluding hydrogens is 196 g/mol. The van der Waals surface area contributed by atoms with Crippen molar-refractivity contribution in [2.24, 2.45) is 5.92 Å². The Kier molecular flexibility index (Phi) is 3.23. The SMILES string of the molecule is CO[C@H]1CN(C(=O)C2CNC2)C[C@@H]1OC. The van der Waals surface area contributed by atoms with Gasteiger partial charge in [0.05, 0.1) is 5.92 Å². The molecule has 2 aliphatic rings. The average molecular weight is 214 g/mol. The summed E-state index contributed by atoms with van der Waals surface area (Å²) in [6.07, 6.45) is 0.0407. The van der Waals surface area contributed by atoms with Gasteiger partial charge in [-0.2, -0.15) is 0 Å². The van der Waals surface area contributed by atoms with Crippen LogP contribution in [0.3, 0.4) is 0 Å². The summed E-state index contributed by atoms with van der Waals surface area (Å²) < 4.78 is 10.6. The molecule has 0 spiro atoms. The molecule has 2 aliphatic heterocycles. The number of ether oxygens (including phenoxy) is 2. The molecule has 2 fully saturated rings. The van der Waals surface area contributed by atoms with E-state index in [4.69, 9.17) is 9.47 Å². The van der Waals surface area contributed by atoms with Gasteiger partial charge in [-0.05, 0) is 0 Å². The van der Waals surface area contributed by atoms with E-state index in [1.807, 2.05) is 4.90 Å². The van der Waals surface area contributed by atoms with Crippen LogP contribution in [0.2, 0.25) is 0 Å². The lowest BCUT2D eigenvalue weighted by Crippen LogP contribution is -2.51. The van der Waals surface area contributed by atoms with Gasteiger partial charge in [0.1, 0.15) is 12.2 Å². The highest BCUT2D eigenvalue weighted by molar-refractivity contribution is 5.80. The number of carbonyl (C=O) groups is 1. The van der Waals surface area contributed by atoms with Crippen molar-refractivity contribution in [2.45, 2.75) is 12.2 Å². The third-order valence-electron chi connectivity index (χ3n) is 3.26. The maximum atomic E-state index is 11.9. The van der Waals surface area contributed by atoms with Crippen molar-refractivity contribution >= 4 is 5.91 Å². The minimum absolute atomic E-state index is 0.0204. The summed E-state index contributed by atoms with van der Waals surface area (Å²) in [6, 6.07) is 0. The lowest BCUT2D eigenvalue weighted by Gasteiger charge is -2.30. The lowest BCUT2D eigenvalue weighted by molar-refractivity contribution is -0.136. The van der Waals surface area contributed by atoms with Crippen molar-refractivity contribution in [1.29, 1.82) is 0 Å². The Hall–Kier alpha value is -0.650. The Labute approximate surface area is 89.7 Å². The van der Waals surface area contributed by atoms with Crippen molar-refractivity contribution < 1.29 is 14.3 Å². The van der Waals surface area contributed by atoms with Crippen LogP contribution in [0.5, 0.6) is 0 Å². The number of methoxy groups -OCH3 is 2. The predicted octanol–water partition coefficient (Wildman–Crippen LogP) is -0.922. The third kappa shape index (κ3) is 2.00. The number of hydrogen-bond donors (Lipinski definition) is 1. The standard InChI is InChI=1S/C10H18N2O3/c1-14-8-5-12(6-9(8)15-2)10(13)7-3-11-4-7/h7-9,11H,3-6H2,1-2H3/t8-,9-/m0/s1. The van der Waals surface area contributed by atoms with Crippen molar-refractivity contribution in [3.05, 3.63) is 0 Å². The van der Waals surface area contributed by atoms with E-state index in [1.165, 1.54) is 0 Å². The monoisotopic (exact) mass is 214 g/mol. The molecule has 1 N–H and O–H groups in total. The summed E-state index contributed by atoms with van der Waals surface area (Å²) in [4.78, 5) is 13.8. The highest BCUT2D eigenvalue weighted by Gasteiger charge is 2.39. The maximum absolute atomic E-state index is 11.9. The van der Waals surface area contributed by atoms with Crippen LogP contribution in [-0.2, 0) is 14.3 Å². The number of rotatable bonds is 3. The van der Waals surface area contributed by atoms with Gasteiger partial charge in [0.15, 0.2) is 0 Å². The molecule has 5 nitrogen and oxygen atoms in total. The number of nitrogens with zero attached hydrogens (tertiary/aromatic N) is 1. The lowest BCUT2D eigenvalue weighted by atomic mass is 10.0. The minimum atomic E-state index is 0.0204. The molecule has 2 heterocycles. The molecule has 2 rings (SSSR count). The molecule has 0 unspecified atom stereocenters. The second-order valence-electron chi connectivity index (χ2n) is 4.15. The molecule has 2 saturated heterocycles. The Morgan fingerprint density at radius 2 is 1.73 bits per heavy atom. The normalized spacial score (nSPS) is 31.7. The first-order valence-electron chi connectivity index (χ1n) is 5.31. The van der Waals surface area contributed by atoms with Gasteiger partial charge in [0.2, 0.25) is 5.91 Å². The molecule has 15 heavy (non-hydrogen) atoms. The molecule has 5 heteroatoms. The Morgan fingerprint density at radius 3 is 2.07 bits per heavy atom. The van der Waals surface area contributed by atoms with Crippen LogP contribution in [0.1, 0.15) is 0 Å². The van der Waals surface area contributed by atoms with Gasteiger partial charge in [-0.15, -0.1) is 0 Å². The van der Waals surface area contributed by atoms with E-state index in [-0.39, 0.29) is 24.0 Å². The number of likely N-dealkylation sites (tertiary alicyclic amines) is 1. The summed E-state index contributed by atoms with van der Waals surface area (Å²) in [5.41, 5.74) is 0. The Bertz CT molecular complexity index is 231. The highest BCUT2D eigenvalue weighted by atomic mass is 16.5. The van der Waals surface area contributed by atoms with Crippen molar-refractivity contribution in [3.8, 4) is 0 Å². The summed E-state index contributed by atoms with van der Waals surface area (Å²) in [5, 5.41) is 3.11. The van der Waals surface area contributed by atoms with Crippen LogP contribution in [0.4, 0.5) is 0 Å². The topological polar surface area (TPSA) is 50.8 Å². The van der Waals surface area contributed by atoms with E-state index in [0.29, 0.717) is 13.1 Å². The number of amides is 1. The molecule has 0 bridgehead atoms. The molecule has 0 saturated carbocycles. The quantitative estimate of drug-likeness (QED) is 0.660. The highest BCUT2D eigenvalue weighted by Crippen LogP contribution is 2.19. The fourth-order valence-electron chi connectivity index (χ4n) is 2.10. The molecule has 0 aromatic heterocycles. The summed E-state index contributed by atoms with van der Waals surface area (Å²) in [7, 11) is 3.32. The molecule has 1 amide bonds. The van der Waals surface area contributed by atoms with E-state index in [0.717, 1.165) is 13.1 Å². The van der Waals surface area contributed by atoms with Gasteiger partial charge in [-0.3, -0.25) is 4.79 Å². The smallest absolute Gasteiger partial charge is 0.228 e. The average Bonchev–Trinajstić information content (AvgIpc) is 2.57. The second-order valence-corrected chi connectivity index (χ2v) is 4.15. The van der Waals surface area contributed by atoms with Crippen LogP contribution in [0, 0.1) is 5.92 Å². The molecule has 86 valence electrons. The first-order chi connectivity index (χ1) is 7.26. The van der Waals surface area contributed by atoms with Gasteiger partial charge in [-0.25, -0.2) is 0 Å². The third-order valence-corrected chi connectivity index (χ3v) is 3.26. The van der Waals surface area contributed by atoms with Crippen molar-refractivity contribution in [1.82, 2.24) is 10.2 Å². The molecule has 0 radical (unpaired) electrons. The van der Waals surface area contributed by atoms with Crippen molar-refractivity contribution in [3.63, 3.8) is 0 Å². The Balaban J connectivity index is 1.91. The fraction of sp³-hybridized carbons (Fsp3) is 0.900. The van der Waals surface area contributed by atoms with E-state index in [9.17, 15) is 4.79 Å². The second kappa shape index (κ2) is 4.47.